The van der Waals surface area contributed by atoms with Gasteiger partial charge >= 0.3 is 6.18 Å². The third kappa shape index (κ3) is 4.71. The number of aryl methyl sites for hydroxylation is 2. The van der Waals surface area contributed by atoms with Crippen LogP contribution in [-0.4, -0.2) is 41.9 Å². The van der Waals surface area contributed by atoms with E-state index in [1.807, 2.05) is 19.1 Å². The summed E-state index contributed by atoms with van der Waals surface area (Å²) in [6.07, 6.45) is -2.00. The van der Waals surface area contributed by atoms with E-state index in [1.165, 1.54) is 6.20 Å². The molecule has 8 nitrogen and oxygen atoms in total. The first-order valence-corrected chi connectivity index (χ1v) is 9.49. The van der Waals surface area contributed by atoms with Gasteiger partial charge in [0.05, 0.1) is 23.8 Å². The Morgan fingerprint density at radius 1 is 1.19 bits per heavy atom. The Labute approximate surface area is 174 Å². The van der Waals surface area contributed by atoms with Crippen LogP contribution in [-0.2, 0) is 6.54 Å². The highest BCUT2D eigenvalue weighted by atomic mass is 19.4. The molecule has 0 saturated carbocycles. The molecule has 0 bridgehead atoms. The number of anilines is 1. The fraction of sp³-hybridized carbons (Fsp3) is 0.250. The zero-order chi connectivity index (χ0) is 22.0. The van der Waals surface area contributed by atoms with E-state index in [4.69, 9.17) is 0 Å². The first kappa shape index (κ1) is 20.5. The second-order valence-electron chi connectivity index (χ2n) is 7.00. The number of fused-ring (bicyclic) bond motifs is 1. The molecule has 1 N–H and O–H groups in total. The number of pyridine rings is 1. The Kier molecular flexibility index (Phi) is 5.40. The normalized spacial score (nSPS) is 11.7. The Bertz CT molecular complexity index is 1230. The lowest BCUT2D eigenvalue weighted by Gasteiger charge is -2.09. The summed E-state index contributed by atoms with van der Waals surface area (Å²) in [6, 6.07) is 10.7. The zero-order valence-electron chi connectivity index (χ0n) is 16.5. The summed E-state index contributed by atoms with van der Waals surface area (Å²) in [5.74, 6) is -0.0521. The van der Waals surface area contributed by atoms with E-state index in [-0.39, 0.29) is 24.7 Å². The fourth-order valence-corrected chi connectivity index (χ4v) is 3.07. The minimum absolute atomic E-state index is 0.0106. The topological polar surface area (TPSA) is 90.0 Å². The highest BCUT2D eigenvalue weighted by molar-refractivity contribution is 6.09. The maximum atomic E-state index is 12.8. The van der Waals surface area contributed by atoms with Crippen molar-refractivity contribution in [2.45, 2.75) is 32.5 Å². The van der Waals surface area contributed by atoms with Crippen LogP contribution in [0, 0.1) is 6.92 Å². The van der Waals surface area contributed by atoms with E-state index < -0.39 is 12.6 Å². The number of alkyl halides is 3. The second kappa shape index (κ2) is 8.17. The summed E-state index contributed by atoms with van der Waals surface area (Å²) in [7, 11) is 0. The summed E-state index contributed by atoms with van der Waals surface area (Å²) >= 11 is 0. The molecular formula is C20H18F3N7O. The first-order chi connectivity index (χ1) is 14.8. The maximum absolute atomic E-state index is 12.8. The largest absolute Gasteiger partial charge is 0.389 e. The van der Waals surface area contributed by atoms with Gasteiger partial charge in [-0.3, -0.25) is 4.79 Å². The third-order valence-corrected chi connectivity index (χ3v) is 4.69. The van der Waals surface area contributed by atoms with Crippen LogP contribution in [0.1, 0.15) is 28.8 Å². The molecule has 0 aliphatic carbocycles. The molecule has 0 unspecified atom stereocenters. The SMILES string of the molecule is Cc1ccc(-c2nnn(CCCC(F)(F)F)n2)cc1NC(=O)c1cnn2ccccc12. The Morgan fingerprint density at radius 2 is 2.03 bits per heavy atom. The molecular weight excluding hydrogens is 411 g/mol. The van der Waals surface area contributed by atoms with Gasteiger partial charge in [0.2, 0.25) is 5.82 Å². The number of carbonyl (C=O) groups excluding carboxylic acids is 1. The Morgan fingerprint density at radius 3 is 2.84 bits per heavy atom. The molecule has 3 aromatic heterocycles. The van der Waals surface area contributed by atoms with Crippen LogP contribution in [0.2, 0.25) is 0 Å². The van der Waals surface area contributed by atoms with Crippen molar-refractivity contribution in [2.24, 2.45) is 0 Å². The predicted molar refractivity (Wildman–Crippen MR) is 106 cm³/mol. The number of tetrazole rings is 1. The standard InChI is InChI=1S/C20H18F3N7O/c1-13-6-7-14(18-26-28-30(27-18)10-4-8-20(21,22)23)11-16(13)25-19(31)15-12-24-29-9-3-2-5-17(15)29/h2-3,5-7,9,11-12H,4,8,10H2,1H3,(H,25,31). The van der Waals surface area contributed by atoms with E-state index in [9.17, 15) is 18.0 Å². The monoisotopic (exact) mass is 429 g/mol. The second-order valence-corrected chi connectivity index (χ2v) is 7.00. The highest BCUT2D eigenvalue weighted by Gasteiger charge is 2.26. The summed E-state index contributed by atoms with van der Waals surface area (Å²) < 4.78 is 38.5. The molecule has 0 spiro atoms. The van der Waals surface area contributed by atoms with Gasteiger partial charge in [0.25, 0.3) is 5.91 Å². The number of hydrogen-bond donors (Lipinski definition) is 1. The number of amides is 1. The average molecular weight is 429 g/mol. The van der Waals surface area contributed by atoms with Crippen LogP contribution in [0.25, 0.3) is 16.9 Å². The molecule has 0 aliphatic rings. The molecule has 0 saturated heterocycles. The quantitative estimate of drug-likeness (QED) is 0.502. The van der Waals surface area contributed by atoms with Crippen LogP contribution in [0.15, 0.2) is 48.8 Å². The number of rotatable bonds is 6. The summed E-state index contributed by atoms with van der Waals surface area (Å²) in [4.78, 5) is 13.9. The summed E-state index contributed by atoms with van der Waals surface area (Å²) in [5, 5.41) is 18.9. The minimum Gasteiger partial charge on any atom is -0.322 e. The molecule has 4 aromatic rings. The summed E-state index contributed by atoms with van der Waals surface area (Å²) in [5.41, 5.74) is 3.08. The van der Waals surface area contributed by atoms with Gasteiger partial charge in [-0.15, -0.1) is 10.2 Å². The number of aromatic nitrogens is 6. The number of carbonyl (C=O) groups is 1. The molecule has 1 amide bonds. The molecule has 0 atom stereocenters. The van der Waals surface area contributed by atoms with Crippen molar-refractivity contribution in [1.82, 2.24) is 29.8 Å². The van der Waals surface area contributed by atoms with E-state index in [0.29, 0.717) is 22.3 Å². The van der Waals surface area contributed by atoms with Gasteiger partial charge in [0.1, 0.15) is 0 Å². The van der Waals surface area contributed by atoms with Gasteiger partial charge in [-0.2, -0.15) is 23.1 Å². The molecule has 1 aromatic carbocycles. The number of nitrogens with zero attached hydrogens (tertiary/aromatic N) is 6. The van der Waals surface area contributed by atoms with Crippen molar-refractivity contribution >= 4 is 17.1 Å². The van der Waals surface area contributed by atoms with Crippen LogP contribution in [0.3, 0.4) is 0 Å². The number of benzene rings is 1. The maximum Gasteiger partial charge on any atom is 0.389 e. The van der Waals surface area contributed by atoms with Crippen LogP contribution in [0.5, 0.6) is 0 Å². The van der Waals surface area contributed by atoms with Crippen molar-refractivity contribution in [3.63, 3.8) is 0 Å². The fourth-order valence-electron chi connectivity index (χ4n) is 3.07. The Balaban J connectivity index is 1.50. The van der Waals surface area contributed by atoms with Gasteiger partial charge in [-0.05, 0) is 42.3 Å². The van der Waals surface area contributed by atoms with Gasteiger partial charge in [-0.25, -0.2) is 4.52 Å². The zero-order valence-corrected chi connectivity index (χ0v) is 16.5. The van der Waals surface area contributed by atoms with E-state index >= 15 is 0 Å². The van der Waals surface area contributed by atoms with Crippen molar-refractivity contribution in [2.75, 3.05) is 5.32 Å². The molecule has 0 aliphatic heterocycles. The highest BCUT2D eigenvalue weighted by Crippen LogP contribution is 2.24. The molecule has 160 valence electrons. The Hall–Kier alpha value is -3.76. The lowest BCUT2D eigenvalue weighted by Crippen LogP contribution is -2.12. The minimum atomic E-state index is -4.21. The van der Waals surface area contributed by atoms with Crippen molar-refractivity contribution in [1.29, 1.82) is 0 Å². The number of nitrogens with one attached hydrogen (secondary N) is 1. The van der Waals surface area contributed by atoms with Crippen molar-refractivity contribution in [3.8, 4) is 11.4 Å². The first-order valence-electron chi connectivity index (χ1n) is 9.49. The average Bonchev–Trinajstić information content (AvgIpc) is 3.36. The lowest BCUT2D eigenvalue weighted by atomic mass is 10.1. The van der Waals surface area contributed by atoms with Gasteiger partial charge < -0.3 is 5.32 Å². The number of hydrogen-bond acceptors (Lipinski definition) is 5. The van der Waals surface area contributed by atoms with Crippen LogP contribution < -0.4 is 5.32 Å². The molecule has 11 heteroatoms. The molecule has 0 fully saturated rings. The van der Waals surface area contributed by atoms with Crippen molar-refractivity contribution < 1.29 is 18.0 Å². The van der Waals surface area contributed by atoms with Gasteiger partial charge in [0, 0.05) is 23.9 Å². The summed E-state index contributed by atoms with van der Waals surface area (Å²) in [6.45, 7) is 1.85. The number of halogens is 3. The predicted octanol–water partition coefficient (Wildman–Crippen LogP) is 3.89. The van der Waals surface area contributed by atoms with Gasteiger partial charge in [0.15, 0.2) is 0 Å². The van der Waals surface area contributed by atoms with E-state index in [0.717, 1.165) is 10.4 Å². The van der Waals surface area contributed by atoms with E-state index in [1.54, 1.807) is 35.0 Å². The van der Waals surface area contributed by atoms with Crippen LogP contribution >= 0.6 is 0 Å². The van der Waals surface area contributed by atoms with Gasteiger partial charge in [-0.1, -0.05) is 18.2 Å². The smallest absolute Gasteiger partial charge is 0.322 e. The van der Waals surface area contributed by atoms with Crippen molar-refractivity contribution in [3.05, 3.63) is 59.9 Å². The molecule has 0 radical (unpaired) electrons. The lowest BCUT2D eigenvalue weighted by molar-refractivity contribution is -0.136. The molecule has 3 heterocycles. The molecule has 31 heavy (non-hydrogen) atoms. The third-order valence-electron chi connectivity index (χ3n) is 4.69. The van der Waals surface area contributed by atoms with Crippen LogP contribution in [0.4, 0.5) is 18.9 Å². The van der Waals surface area contributed by atoms with E-state index in [2.05, 4.69) is 25.8 Å². The molecule has 4 rings (SSSR count).